The van der Waals surface area contributed by atoms with Crippen LogP contribution in [0.2, 0.25) is 0 Å². The van der Waals surface area contributed by atoms with Crippen LogP contribution >= 0.6 is 0 Å². The van der Waals surface area contributed by atoms with Gasteiger partial charge in [-0.1, -0.05) is 13.8 Å². The van der Waals surface area contributed by atoms with E-state index >= 15 is 0 Å². The Morgan fingerprint density at radius 3 is 2.83 bits per heavy atom. The summed E-state index contributed by atoms with van der Waals surface area (Å²) in [4.78, 5) is 4.14. The summed E-state index contributed by atoms with van der Waals surface area (Å²) in [6.45, 7) is 4.96. The minimum atomic E-state index is 0.534. The maximum absolute atomic E-state index is 5.49. The Bertz CT molecular complexity index is 243. The molecule has 1 rings (SSSR count). The summed E-state index contributed by atoms with van der Waals surface area (Å²) < 4.78 is 0. The molecule has 0 saturated heterocycles. The number of hydrogen-bond acceptors (Lipinski definition) is 2. The van der Waals surface area contributed by atoms with Crippen LogP contribution < -0.4 is 5.73 Å². The molecular formula is C10H16N2. The third kappa shape index (κ3) is 2.62. The van der Waals surface area contributed by atoms with E-state index in [-0.39, 0.29) is 0 Å². The van der Waals surface area contributed by atoms with Crippen LogP contribution in [0.15, 0.2) is 18.3 Å². The largest absolute Gasteiger partial charge is 0.325 e. The first-order valence-electron chi connectivity index (χ1n) is 4.36. The lowest BCUT2D eigenvalue weighted by atomic mass is 10.0. The topological polar surface area (TPSA) is 38.9 Å². The third-order valence-corrected chi connectivity index (χ3v) is 1.73. The van der Waals surface area contributed by atoms with Gasteiger partial charge in [0.15, 0.2) is 0 Å². The standard InChI is InChI=1S/C10H16N2/c1-8(2)5-9-3-4-12-10(6-9)7-11/h3-4,6,8H,5,7,11H2,1-2H3. The van der Waals surface area contributed by atoms with Crippen molar-refractivity contribution in [3.63, 3.8) is 0 Å². The van der Waals surface area contributed by atoms with Crippen molar-refractivity contribution in [2.24, 2.45) is 11.7 Å². The highest BCUT2D eigenvalue weighted by Gasteiger charge is 1.98. The van der Waals surface area contributed by atoms with Gasteiger partial charge in [-0.25, -0.2) is 0 Å². The van der Waals surface area contributed by atoms with E-state index in [0.717, 1.165) is 12.1 Å². The number of nitrogens with zero attached hydrogens (tertiary/aromatic N) is 1. The molecule has 0 bridgehead atoms. The van der Waals surface area contributed by atoms with Crippen LogP contribution in [0.4, 0.5) is 0 Å². The van der Waals surface area contributed by atoms with Crippen LogP contribution in [0.25, 0.3) is 0 Å². The molecule has 0 aliphatic heterocycles. The SMILES string of the molecule is CC(C)Cc1ccnc(CN)c1. The Balaban J connectivity index is 2.72. The zero-order valence-electron chi connectivity index (χ0n) is 7.75. The van der Waals surface area contributed by atoms with Crippen molar-refractivity contribution in [2.75, 3.05) is 0 Å². The summed E-state index contributed by atoms with van der Waals surface area (Å²) in [5, 5.41) is 0. The number of aromatic nitrogens is 1. The van der Waals surface area contributed by atoms with E-state index in [1.54, 1.807) is 0 Å². The van der Waals surface area contributed by atoms with Gasteiger partial charge in [0.25, 0.3) is 0 Å². The van der Waals surface area contributed by atoms with E-state index in [1.165, 1.54) is 5.56 Å². The van der Waals surface area contributed by atoms with Crippen molar-refractivity contribution in [3.8, 4) is 0 Å². The Hall–Kier alpha value is -0.890. The monoisotopic (exact) mass is 164 g/mol. The van der Waals surface area contributed by atoms with Crippen LogP contribution in [0.3, 0.4) is 0 Å². The third-order valence-electron chi connectivity index (χ3n) is 1.73. The Kier molecular flexibility index (Phi) is 3.23. The molecule has 0 unspecified atom stereocenters. The van der Waals surface area contributed by atoms with Crippen molar-refractivity contribution in [3.05, 3.63) is 29.6 Å². The summed E-state index contributed by atoms with van der Waals surface area (Å²) in [7, 11) is 0. The van der Waals surface area contributed by atoms with Crippen molar-refractivity contribution < 1.29 is 0 Å². The van der Waals surface area contributed by atoms with Gasteiger partial charge in [0.05, 0.1) is 5.69 Å². The minimum Gasteiger partial charge on any atom is -0.325 e. The fourth-order valence-corrected chi connectivity index (χ4v) is 1.24. The van der Waals surface area contributed by atoms with Crippen molar-refractivity contribution >= 4 is 0 Å². The van der Waals surface area contributed by atoms with Gasteiger partial charge in [0.1, 0.15) is 0 Å². The first-order valence-corrected chi connectivity index (χ1v) is 4.36. The van der Waals surface area contributed by atoms with Crippen LogP contribution in [0, 0.1) is 5.92 Å². The van der Waals surface area contributed by atoms with E-state index in [1.807, 2.05) is 6.20 Å². The highest BCUT2D eigenvalue weighted by Crippen LogP contribution is 2.07. The van der Waals surface area contributed by atoms with Crippen LogP contribution in [0.5, 0.6) is 0 Å². The van der Waals surface area contributed by atoms with Crippen LogP contribution in [-0.2, 0) is 13.0 Å². The van der Waals surface area contributed by atoms with E-state index in [9.17, 15) is 0 Å². The zero-order valence-corrected chi connectivity index (χ0v) is 7.75. The molecule has 66 valence electrons. The molecule has 2 N–H and O–H groups in total. The Morgan fingerprint density at radius 2 is 2.25 bits per heavy atom. The van der Waals surface area contributed by atoms with Gasteiger partial charge in [-0.05, 0) is 30.0 Å². The molecule has 1 heterocycles. The van der Waals surface area contributed by atoms with Gasteiger partial charge >= 0.3 is 0 Å². The second-order valence-corrected chi connectivity index (χ2v) is 3.46. The van der Waals surface area contributed by atoms with E-state index < -0.39 is 0 Å². The van der Waals surface area contributed by atoms with Gasteiger partial charge in [-0.3, -0.25) is 4.98 Å². The lowest BCUT2D eigenvalue weighted by Gasteiger charge is -2.05. The maximum atomic E-state index is 5.49. The summed E-state index contributed by atoms with van der Waals surface area (Å²) in [5.74, 6) is 0.693. The molecule has 12 heavy (non-hydrogen) atoms. The highest BCUT2D eigenvalue weighted by molar-refractivity contribution is 5.16. The lowest BCUT2D eigenvalue weighted by Crippen LogP contribution is -2.01. The van der Waals surface area contributed by atoms with E-state index in [4.69, 9.17) is 5.73 Å². The number of hydrogen-bond donors (Lipinski definition) is 1. The molecule has 0 amide bonds. The van der Waals surface area contributed by atoms with Gasteiger partial charge < -0.3 is 5.73 Å². The summed E-state index contributed by atoms with van der Waals surface area (Å²) in [5.41, 5.74) is 7.80. The molecule has 0 radical (unpaired) electrons. The first-order chi connectivity index (χ1) is 5.72. The molecule has 0 aliphatic rings. The highest BCUT2D eigenvalue weighted by atomic mass is 14.7. The number of pyridine rings is 1. The quantitative estimate of drug-likeness (QED) is 0.739. The van der Waals surface area contributed by atoms with E-state index in [0.29, 0.717) is 12.5 Å². The van der Waals surface area contributed by atoms with Crippen molar-refractivity contribution in [2.45, 2.75) is 26.8 Å². The average Bonchev–Trinajstić information content (AvgIpc) is 2.03. The minimum absolute atomic E-state index is 0.534. The van der Waals surface area contributed by atoms with E-state index in [2.05, 4.69) is 31.0 Å². The zero-order chi connectivity index (χ0) is 8.97. The molecule has 0 spiro atoms. The summed E-state index contributed by atoms with van der Waals surface area (Å²) >= 11 is 0. The second-order valence-electron chi connectivity index (χ2n) is 3.46. The van der Waals surface area contributed by atoms with Gasteiger partial charge in [-0.2, -0.15) is 0 Å². The molecule has 0 saturated carbocycles. The first kappa shape index (κ1) is 9.20. The van der Waals surface area contributed by atoms with Crippen molar-refractivity contribution in [1.29, 1.82) is 0 Å². The van der Waals surface area contributed by atoms with Crippen LogP contribution in [-0.4, -0.2) is 4.98 Å². The molecule has 1 aromatic rings. The van der Waals surface area contributed by atoms with Crippen LogP contribution in [0.1, 0.15) is 25.1 Å². The fourth-order valence-electron chi connectivity index (χ4n) is 1.24. The smallest absolute Gasteiger partial charge is 0.0542 e. The normalized spacial score (nSPS) is 10.7. The number of rotatable bonds is 3. The Labute approximate surface area is 73.8 Å². The van der Waals surface area contributed by atoms with Gasteiger partial charge in [0, 0.05) is 12.7 Å². The number of nitrogens with two attached hydrogens (primary N) is 1. The molecular weight excluding hydrogens is 148 g/mol. The molecule has 1 aromatic heterocycles. The molecule has 0 aromatic carbocycles. The maximum Gasteiger partial charge on any atom is 0.0542 e. The molecule has 2 heteroatoms. The summed E-state index contributed by atoms with van der Waals surface area (Å²) in [6, 6.07) is 4.14. The van der Waals surface area contributed by atoms with Gasteiger partial charge in [-0.15, -0.1) is 0 Å². The summed E-state index contributed by atoms with van der Waals surface area (Å²) in [6.07, 6.45) is 2.94. The molecule has 0 aliphatic carbocycles. The molecule has 0 fully saturated rings. The predicted octanol–water partition coefficient (Wildman–Crippen LogP) is 1.74. The van der Waals surface area contributed by atoms with Gasteiger partial charge in [0.2, 0.25) is 0 Å². The van der Waals surface area contributed by atoms with Crippen molar-refractivity contribution in [1.82, 2.24) is 4.98 Å². The predicted molar refractivity (Wildman–Crippen MR) is 50.7 cm³/mol. The Morgan fingerprint density at radius 1 is 1.50 bits per heavy atom. The molecule has 2 nitrogen and oxygen atoms in total. The lowest BCUT2D eigenvalue weighted by molar-refractivity contribution is 0.646. The fraction of sp³-hybridized carbons (Fsp3) is 0.500. The molecule has 0 atom stereocenters. The second kappa shape index (κ2) is 4.21. The average molecular weight is 164 g/mol.